The van der Waals surface area contributed by atoms with Crippen LogP contribution in [0.5, 0.6) is 0 Å². The van der Waals surface area contributed by atoms with E-state index in [1.165, 1.54) is 0 Å². The monoisotopic (exact) mass is 404 g/mol. The molecule has 6 nitrogen and oxygen atoms in total. The first-order valence-corrected chi connectivity index (χ1v) is 9.12. The molecule has 0 aliphatic rings. The predicted octanol–water partition coefficient (Wildman–Crippen LogP) is 4.79. The number of nitrogens with one attached hydrogen (secondary N) is 3. The number of hydrogen-bond acceptors (Lipinski definition) is 3. The number of benzene rings is 3. The lowest BCUT2D eigenvalue weighted by Crippen LogP contribution is -2.28. The zero-order valence-electron chi connectivity index (χ0n) is 15.3. The van der Waals surface area contributed by atoms with Crippen molar-refractivity contribution in [1.29, 1.82) is 5.26 Å². The summed E-state index contributed by atoms with van der Waals surface area (Å²) in [4.78, 5) is 24.6. The van der Waals surface area contributed by atoms with Gasteiger partial charge in [0.1, 0.15) is 0 Å². The normalized spacial score (nSPS) is 9.93. The summed E-state index contributed by atoms with van der Waals surface area (Å²) in [6, 6.07) is 22.0. The van der Waals surface area contributed by atoms with Crippen LogP contribution in [-0.2, 0) is 6.54 Å². The minimum atomic E-state index is -0.390. The second-order valence-electron chi connectivity index (χ2n) is 6.16. The molecule has 0 fully saturated rings. The number of nitriles is 1. The van der Waals surface area contributed by atoms with E-state index in [2.05, 4.69) is 16.0 Å². The van der Waals surface area contributed by atoms with Crippen LogP contribution >= 0.6 is 11.6 Å². The Morgan fingerprint density at radius 2 is 1.59 bits per heavy atom. The van der Waals surface area contributed by atoms with Crippen LogP contribution in [0.2, 0.25) is 5.02 Å². The highest BCUT2D eigenvalue weighted by Gasteiger charge is 2.09. The maximum Gasteiger partial charge on any atom is 0.319 e. The van der Waals surface area contributed by atoms with Gasteiger partial charge in [0.25, 0.3) is 5.91 Å². The van der Waals surface area contributed by atoms with E-state index in [0.29, 0.717) is 34.1 Å². The number of nitrogens with zero attached hydrogens (tertiary/aromatic N) is 1. The molecule has 0 aliphatic heterocycles. The number of anilines is 2. The summed E-state index contributed by atoms with van der Waals surface area (Å²) in [5.41, 5.74) is 2.75. The topological polar surface area (TPSA) is 94.0 Å². The Hall–Kier alpha value is -3.82. The molecule has 29 heavy (non-hydrogen) atoms. The van der Waals surface area contributed by atoms with Gasteiger partial charge in [0.15, 0.2) is 0 Å². The lowest BCUT2D eigenvalue weighted by molar-refractivity contribution is 0.102. The van der Waals surface area contributed by atoms with Crippen LogP contribution in [0, 0.1) is 11.3 Å². The summed E-state index contributed by atoms with van der Waals surface area (Å²) < 4.78 is 0. The highest BCUT2D eigenvalue weighted by atomic mass is 35.5. The molecule has 0 aromatic heterocycles. The first kappa shape index (κ1) is 19.9. The molecule has 7 heteroatoms. The van der Waals surface area contributed by atoms with E-state index in [1.54, 1.807) is 60.7 Å². The van der Waals surface area contributed by atoms with Crippen molar-refractivity contribution in [2.45, 2.75) is 6.54 Å². The highest BCUT2D eigenvalue weighted by Crippen LogP contribution is 2.15. The molecule has 0 saturated carbocycles. The Balaban J connectivity index is 1.59. The number of urea groups is 1. The van der Waals surface area contributed by atoms with Crippen molar-refractivity contribution >= 4 is 34.9 Å². The average Bonchev–Trinajstić information content (AvgIpc) is 2.73. The quantitative estimate of drug-likeness (QED) is 0.570. The van der Waals surface area contributed by atoms with Gasteiger partial charge in [-0.3, -0.25) is 4.79 Å². The number of amides is 3. The number of halogens is 1. The summed E-state index contributed by atoms with van der Waals surface area (Å²) in [6.45, 7) is 0.346. The van der Waals surface area contributed by atoms with E-state index in [-0.39, 0.29) is 11.9 Å². The maximum atomic E-state index is 12.5. The second kappa shape index (κ2) is 9.40. The molecule has 0 heterocycles. The van der Waals surface area contributed by atoms with E-state index in [0.717, 1.165) is 5.56 Å². The van der Waals surface area contributed by atoms with E-state index in [4.69, 9.17) is 16.9 Å². The summed E-state index contributed by atoms with van der Waals surface area (Å²) in [5, 5.41) is 17.8. The Morgan fingerprint density at radius 3 is 2.31 bits per heavy atom. The first-order chi connectivity index (χ1) is 14.0. The van der Waals surface area contributed by atoms with Gasteiger partial charge in [-0.05, 0) is 54.1 Å². The molecule has 144 valence electrons. The fourth-order valence-corrected chi connectivity index (χ4v) is 2.69. The molecule has 3 N–H and O–H groups in total. The van der Waals surface area contributed by atoms with E-state index in [1.807, 2.05) is 18.2 Å². The van der Waals surface area contributed by atoms with Crippen LogP contribution in [0.3, 0.4) is 0 Å². The van der Waals surface area contributed by atoms with Gasteiger partial charge < -0.3 is 16.0 Å². The summed E-state index contributed by atoms with van der Waals surface area (Å²) in [6.07, 6.45) is 0. The van der Waals surface area contributed by atoms with Gasteiger partial charge in [-0.1, -0.05) is 35.9 Å². The number of carbonyl (C=O) groups excluding carboxylic acids is 2. The Bertz CT molecular complexity index is 1070. The predicted molar refractivity (Wildman–Crippen MR) is 113 cm³/mol. The van der Waals surface area contributed by atoms with E-state index < -0.39 is 0 Å². The van der Waals surface area contributed by atoms with Crippen molar-refractivity contribution in [2.24, 2.45) is 0 Å². The summed E-state index contributed by atoms with van der Waals surface area (Å²) in [7, 11) is 0. The van der Waals surface area contributed by atoms with Crippen molar-refractivity contribution in [3.05, 3.63) is 94.5 Å². The van der Waals surface area contributed by atoms with Crippen molar-refractivity contribution < 1.29 is 9.59 Å². The molecule has 0 spiro atoms. The lowest BCUT2D eigenvalue weighted by atomic mass is 10.1. The molecule has 0 aliphatic carbocycles. The fourth-order valence-electron chi connectivity index (χ4n) is 2.57. The molecule has 0 bridgehead atoms. The van der Waals surface area contributed by atoms with Crippen LogP contribution in [-0.4, -0.2) is 11.9 Å². The van der Waals surface area contributed by atoms with Crippen LogP contribution in [0.1, 0.15) is 21.5 Å². The maximum absolute atomic E-state index is 12.5. The smallest absolute Gasteiger partial charge is 0.319 e. The first-order valence-electron chi connectivity index (χ1n) is 8.74. The summed E-state index contributed by atoms with van der Waals surface area (Å²) >= 11 is 5.84. The average molecular weight is 405 g/mol. The third-order valence-corrected chi connectivity index (χ3v) is 4.25. The van der Waals surface area contributed by atoms with Gasteiger partial charge in [-0.15, -0.1) is 0 Å². The number of carbonyl (C=O) groups is 2. The minimum absolute atomic E-state index is 0.342. The minimum Gasteiger partial charge on any atom is -0.334 e. The number of rotatable bonds is 5. The van der Waals surface area contributed by atoms with Gasteiger partial charge >= 0.3 is 6.03 Å². The SMILES string of the molecule is N#Cc1cccc(NC(=O)c2cccc(NC(=O)NCc3ccc(Cl)cc3)c2)c1. The fraction of sp³-hybridized carbons (Fsp3) is 0.0455. The van der Waals surface area contributed by atoms with Crippen molar-refractivity contribution in [3.8, 4) is 6.07 Å². The van der Waals surface area contributed by atoms with E-state index in [9.17, 15) is 9.59 Å². The molecule has 3 aromatic carbocycles. The third kappa shape index (κ3) is 5.83. The van der Waals surface area contributed by atoms with Crippen LogP contribution in [0.4, 0.5) is 16.2 Å². The van der Waals surface area contributed by atoms with E-state index >= 15 is 0 Å². The molecule has 3 rings (SSSR count). The van der Waals surface area contributed by atoms with Crippen molar-refractivity contribution in [1.82, 2.24) is 5.32 Å². The Morgan fingerprint density at radius 1 is 0.897 bits per heavy atom. The van der Waals surface area contributed by atoms with Crippen LogP contribution < -0.4 is 16.0 Å². The molecule has 3 amide bonds. The molecule has 3 aromatic rings. The molecule has 0 unspecified atom stereocenters. The van der Waals surface area contributed by atoms with Gasteiger partial charge in [0.2, 0.25) is 0 Å². The van der Waals surface area contributed by atoms with Crippen LogP contribution in [0.15, 0.2) is 72.8 Å². The van der Waals surface area contributed by atoms with Gasteiger partial charge in [0, 0.05) is 28.5 Å². The van der Waals surface area contributed by atoms with Gasteiger partial charge in [0.05, 0.1) is 11.6 Å². The molecule has 0 radical (unpaired) electrons. The molecular formula is C22H17ClN4O2. The van der Waals surface area contributed by atoms with Gasteiger partial charge in [-0.25, -0.2) is 4.79 Å². The van der Waals surface area contributed by atoms with Crippen LogP contribution in [0.25, 0.3) is 0 Å². The van der Waals surface area contributed by atoms with Gasteiger partial charge in [-0.2, -0.15) is 5.26 Å². The zero-order valence-corrected chi connectivity index (χ0v) is 16.0. The summed E-state index contributed by atoms with van der Waals surface area (Å²) in [5.74, 6) is -0.342. The second-order valence-corrected chi connectivity index (χ2v) is 6.60. The van der Waals surface area contributed by atoms with Crippen molar-refractivity contribution in [2.75, 3.05) is 10.6 Å². The molecule has 0 saturated heterocycles. The molecule has 0 atom stereocenters. The third-order valence-electron chi connectivity index (χ3n) is 4.00. The highest BCUT2D eigenvalue weighted by molar-refractivity contribution is 6.30. The number of hydrogen-bond donors (Lipinski definition) is 3. The largest absolute Gasteiger partial charge is 0.334 e. The standard InChI is InChI=1S/C22H17ClN4O2/c23-18-9-7-15(8-10-18)14-25-22(29)27-20-6-2-4-17(12-20)21(28)26-19-5-1-3-16(11-19)13-24/h1-12H,14H2,(H,26,28)(H2,25,27,29). The van der Waals surface area contributed by atoms with Crippen molar-refractivity contribution in [3.63, 3.8) is 0 Å². The Labute approximate surface area is 173 Å². The molecular weight excluding hydrogens is 388 g/mol. The zero-order chi connectivity index (χ0) is 20.6. The Kier molecular flexibility index (Phi) is 6.46. The lowest BCUT2D eigenvalue weighted by Gasteiger charge is -2.10.